The number of anilines is 1. The molecule has 0 spiro atoms. The summed E-state index contributed by atoms with van der Waals surface area (Å²) in [6.45, 7) is 6.74. The average Bonchev–Trinajstić information content (AvgIpc) is 2.27. The normalized spacial score (nSPS) is 21.2. The predicted molar refractivity (Wildman–Crippen MR) is 62.5 cm³/mol. The van der Waals surface area contributed by atoms with Gasteiger partial charge in [-0.1, -0.05) is 0 Å². The number of nitrogens with two attached hydrogens (primary N) is 1. The number of ether oxygens (including phenoxy) is 1. The predicted octanol–water partition coefficient (Wildman–Crippen LogP) is 0.257. The fourth-order valence-corrected chi connectivity index (χ4v) is 2.00. The molecule has 16 heavy (non-hydrogen) atoms. The third kappa shape index (κ3) is 2.31. The number of hydrogen-bond acceptors (Lipinski definition) is 5. The van der Waals surface area contributed by atoms with Crippen LogP contribution in [-0.4, -0.2) is 42.3 Å². The maximum atomic E-state index is 5.74. The number of aromatic nitrogens is 2. The molecule has 2 N–H and O–H groups in total. The monoisotopic (exact) mass is 222 g/mol. The van der Waals surface area contributed by atoms with Crippen molar-refractivity contribution >= 4 is 5.82 Å². The Bertz CT molecular complexity index is 349. The van der Waals surface area contributed by atoms with Crippen LogP contribution in [0.1, 0.15) is 11.5 Å². The lowest BCUT2D eigenvalue weighted by Crippen LogP contribution is -2.50. The largest absolute Gasteiger partial charge is 0.377 e. The van der Waals surface area contributed by atoms with Gasteiger partial charge in [-0.2, -0.15) is 0 Å². The van der Waals surface area contributed by atoms with Gasteiger partial charge in [0.15, 0.2) is 0 Å². The molecule has 1 saturated heterocycles. The summed E-state index contributed by atoms with van der Waals surface area (Å²) in [5, 5.41) is 0. The summed E-state index contributed by atoms with van der Waals surface area (Å²) in [7, 11) is 0. The number of nitrogens with zero attached hydrogens (tertiary/aromatic N) is 3. The molecule has 1 unspecified atom stereocenters. The summed E-state index contributed by atoms with van der Waals surface area (Å²) < 4.78 is 5.42. The van der Waals surface area contributed by atoms with E-state index in [4.69, 9.17) is 10.5 Å². The third-order valence-electron chi connectivity index (χ3n) is 2.75. The molecule has 0 amide bonds. The van der Waals surface area contributed by atoms with Gasteiger partial charge in [-0.25, -0.2) is 9.97 Å². The Labute approximate surface area is 95.6 Å². The summed E-state index contributed by atoms with van der Waals surface area (Å²) in [4.78, 5) is 11.0. The molecule has 2 heterocycles. The molecule has 88 valence electrons. The number of aryl methyl sites for hydroxylation is 2. The van der Waals surface area contributed by atoms with Crippen LogP contribution < -0.4 is 10.6 Å². The number of morpholine rings is 1. The lowest BCUT2D eigenvalue weighted by Gasteiger charge is -2.35. The molecular formula is C11H18N4O. The van der Waals surface area contributed by atoms with Crippen molar-refractivity contribution in [3.05, 3.63) is 17.6 Å². The van der Waals surface area contributed by atoms with Crippen LogP contribution in [0.4, 0.5) is 5.82 Å². The fraction of sp³-hybridized carbons (Fsp3) is 0.636. The van der Waals surface area contributed by atoms with Crippen molar-refractivity contribution in [2.45, 2.75) is 19.9 Å². The highest BCUT2D eigenvalue weighted by molar-refractivity contribution is 5.41. The summed E-state index contributed by atoms with van der Waals surface area (Å²) in [5.74, 6) is 1.76. The first-order valence-corrected chi connectivity index (χ1v) is 5.57. The lowest BCUT2D eigenvalue weighted by molar-refractivity contribution is 0.0958. The molecule has 1 aliphatic rings. The quantitative estimate of drug-likeness (QED) is 0.777. The highest BCUT2D eigenvalue weighted by Gasteiger charge is 2.23. The molecule has 1 fully saturated rings. The van der Waals surface area contributed by atoms with Crippen LogP contribution in [0.15, 0.2) is 6.07 Å². The molecule has 1 atom stereocenters. The molecule has 0 aromatic carbocycles. The van der Waals surface area contributed by atoms with Crippen molar-refractivity contribution in [1.82, 2.24) is 9.97 Å². The highest BCUT2D eigenvalue weighted by Crippen LogP contribution is 2.17. The van der Waals surface area contributed by atoms with Gasteiger partial charge in [0.05, 0.1) is 19.3 Å². The first kappa shape index (κ1) is 11.3. The summed E-state index contributed by atoms with van der Waals surface area (Å²) in [6.07, 6.45) is 0. The second kappa shape index (κ2) is 4.76. The maximum absolute atomic E-state index is 5.74. The van der Waals surface area contributed by atoms with Crippen LogP contribution in [0.3, 0.4) is 0 Å². The van der Waals surface area contributed by atoms with E-state index in [9.17, 15) is 0 Å². The van der Waals surface area contributed by atoms with Crippen LogP contribution in [-0.2, 0) is 4.74 Å². The Kier molecular flexibility index (Phi) is 3.36. The summed E-state index contributed by atoms with van der Waals surface area (Å²) >= 11 is 0. The fourth-order valence-electron chi connectivity index (χ4n) is 2.00. The summed E-state index contributed by atoms with van der Waals surface area (Å²) in [6, 6.07) is 2.23. The van der Waals surface area contributed by atoms with Crippen molar-refractivity contribution in [2.24, 2.45) is 5.73 Å². The van der Waals surface area contributed by atoms with Crippen LogP contribution in [0.5, 0.6) is 0 Å². The molecular weight excluding hydrogens is 204 g/mol. The van der Waals surface area contributed by atoms with Crippen LogP contribution >= 0.6 is 0 Å². The Morgan fingerprint density at radius 3 is 3.00 bits per heavy atom. The van der Waals surface area contributed by atoms with Gasteiger partial charge < -0.3 is 15.4 Å². The van der Waals surface area contributed by atoms with Gasteiger partial charge in [0.2, 0.25) is 0 Å². The minimum Gasteiger partial charge on any atom is -0.377 e. The third-order valence-corrected chi connectivity index (χ3v) is 2.75. The van der Waals surface area contributed by atoms with Crippen molar-refractivity contribution in [3.63, 3.8) is 0 Å². The Hall–Kier alpha value is -1.20. The van der Waals surface area contributed by atoms with Crippen molar-refractivity contribution in [2.75, 3.05) is 31.2 Å². The zero-order valence-electron chi connectivity index (χ0n) is 9.81. The van der Waals surface area contributed by atoms with Gasteiger partial charge in [0.25, 0.3) is 0 Å². The smallest absolute Gasteiger partial charge is 0.132 e. The topological polar surface area (TPSA) is 64.3 Å². The van der Waals surface area contributed by atoms with Gasteiger partial charge in [-0.15, -0.1) is 0 Å². The first-order chi connectivity index (χ1) is 7.70. The molecule has 1 aromatic rings. The van der Waals surface area contributed by atoms with E-state index >= 15 is 0 Å². The Morgan fingerprint density at radius 2 is 2.31 bits per heavy atom. The standard InChI is InChI=1S/C11H18N4O/c1-8-5-11(14-9(2)13-8)15-3-4-16-7-10(15)6-12/h5,10H,3-4,6-7,12H2,1-2H3. The first-order valence-electron chi connectivity index (χ1n) is 5.57. The van der Waals surface area contributed by atoms with E-state index in [1.807, 2.05) is 19.9 Å². The van der Waals surface area contributed by atoms with Gasteiger partial charge in [0.1, 0.15) is 11.6 Å². The van der Waals surface area contributed by atoms with Crippen molar-refractivity contribution in [3.8, 4) is 0 Å². The Morgan fingerprint density at radius 1 is 1.50 bits per heavy atom. The van der Waals surface area contributed by atoms with Gasteiger partial charge in [-0.05, 0) is 13.8 Å². The molecule has 1 aliphatic heterocycles. The van der Waals surface area contributed by atoms with Gasteiger partial charge >= 0.3 is 0 Å². The van der Waals surface area contributed by atoms with E-state index in [1.165, 1.54) is 0 Å². The van der Waals surface area contributed by atoms with E-state index in [-0.39, 0.29) is 6.04 Å². The van der Waals surface area contributed by atoms with Gasteiger partial charge in [-0.3, -0.25) is 0 Å². The molecule has 5 heteroatoms. The van der Waals surface area contributed by atoms with Crippen LogP contribution in [0, 0.1) is 13.8 Å². The molecule has 0 saturated carbocycles. The average molecular weight is 222 g/mol. The van der Waals surface area contributed by atoms with E-state index < -0.39 is 0 Å². The zero-order valence-corrected chi connectivity index (χ0v) is 9.81. The SMILES string of the molecule is Cc1cc(N2CCOCC2CN)nc(C)n1. The van der Waals surface area contributed by atoms with E-state index in [1.54, 1.807) is 0 Å². The Balaban J connectivity index is 2.26. The van der Waals surface area contributed by atoms with Gasteiger partial charge in [0, 0.05) is 24.8 Å². The minimum absolute atomic E-state index is 0.224. The molecule has 2 rings (SSSR count). The second-order valence-electron chi connectivity index (χ2n) is 4.07. The van der Waals surface area contributed by atoms with Crippen molar-refractivity contribution in [1.29, 1.82) is 0 Å². The second-order valence-corrected chi connectivity index (χ2v) is 4.07. The molecule has 1 aromatic heterocycles. The number of hydrogen-bond donors (Lipinski definition) is 1. The van der Waals surface area contributed by atoms with E-state index in [2.05, 4.69) is 14.9 Å². The molecule has 0 aliphatic carbocycles. The van der Waals surface area contributed by atoms with Crippen LogP contribution in [0.2, 0.25) is 0 Å². The molecule has 0 radical (unpaired) electrons. The lowest BCUT2D eigenvalue weighted by atomic mass is 10.2. The van der Waals surface area contributed by atoms with Crippen LogP contribution in [0.25, 0.3) is 0 Å². The molecule has 0 bridgehead atoms. The highest BCUT2D eigenvalue weighted by atomic mass is 16.5. The number of rotatable bonds is 2. The maximum Gasteiger partial charge on any atom is 0.132 e. The van der Waals surface area contributed by atoms with E-state index in [0.29, 0.717) is 13.2 Å². The molecule has 5 nitrogen and oxygen atoms in total. The summed E-state index contributed by atoms with van der Waals surface area (Å²) in [5.41, 5.74) is 6.73. The zero-order chi connectivity index (χ0) is 11.5. The van der Waals surface area contributed by atoms with E-state index in [0.717, 1.165) is 30.5 Å². The minimum atomic E-state index is 0.224. The van der Waals surface area contributed by atoms with Crippen molar-refractivity contribution < 1.29 is 4.74 Å².